The first-order chi connectivity index (χ1) is 14.0. The van der Waals surface area contributed by atoms with E-state index in [1.54, 1.807) is 24.5 Å². The first kappa shape index (κ1) is 19.7. The Labute approximate surface area is 177 Å². The van der Waals surface area contributed by atoms with E-state index < -0.39 is 11.4 Å². The maximum Gasteiger partial charge on any atom is 0.238 e. The molecule has 0 radical (unpaired) electrons. The van der Waals surface area contributed by atoms with E-state index in [1.165, 1.54) is 11.3 Å². The molecule has 0 spiro atoms. The van der Waals surface area contributed by atoms with E-state index in [-0.39, 0.29) is 12.2 Å². The van der Waals surface area contributed by atoms with Crippen LogP contribution in [0.1, 0.15) is 29.8 Å². The Kier molecular flexibility index (Phi) is 5.45. The zero-order chi connectivity index (χ0) is 20.4. The maximum atomic E-state index is 13.3. The standard InChI is InChI=1S/C21H19ClN4O2S/c22-15-6-1-4-13(10-15)18-17(26-19(29-18)14-5-2-8-24-12-14)16(27)11-21(20(23)28)7-3-9-25-21/h1-2,4-6,8,10,12,25H,3,7,9,11H2,(H2,23,28). The molecule has 3 aromatic rings. The van der Waals surface area contributed by atoms with Crippen molar-refractivity contribution < 1.29 is 9.59 Å². The molecule has 1 aliphatic rings. The number of benzene rings is 1. The van der Waals surface area contributed by atoms with Crippen molar-refractivity contribution >= 4 is 34.6 Å². The van der Waals surface area contributed by atoms with Gasteiger partial charge < -0.3 is 11.1 Å². The van der Waals surface area contributed by atoms with Gasteiger partial charge in [0.05, 0.1) is 4.88 Å². The molecule has 1 saturated heterocycles. The number of carbonyl (C=O) groups is 2. The lowest BCUT2D eigenvalue weighted by atomic mass is 9.89. The predicted octanol–water partition coefficient (Wildman–Crippen LogP) is 3.71. The van der Waals surface area contributed by atoms with Crippen LogP contribution < -0.4 is 11.1 Å². The lowest BCUT2D eigenvalue weighted by molar-refractivity contribution is -0.123. The van der Waals surface area contributed by atoms with E-state index in [9.17, 15) is 9.59 Å². The molecule has 3 heterocycles. The molecule has 0 aliphatic carbocycles. The maximum absolute atomic E-state index is 13.3. The molecule has 1 aliphatic heterocycles. The summed E-state index contributed by atoms with van der Waals surface area (Å²) in [6.45, 7) is 0.662. The predicted molar refractivity (Wildman–Crippen MR) is 114 cm³/mol. The summed E-state index contributed by atoms with van der Waals surface area (Å²) in [5.41, 5.74) is 6.57. The van der Waals surface area contributed by atoms with Gasteiger partial charge in [-0.2, -0.15) is 0 Å². The van der Waals surface area contributed by atoms with Gasteiger partial charge in [0.2, 0.25) is 5.91 Å². The topological polar surface area (TPSA) is 98.0 Å². The minimum Gasteiger partial charge on any atom is -0.368 e. The Morgan fingerprint density at radius 2 is 2.07 bits per heavy atom. The highest BCUT2D eigenvalue weighted by Gasteiger charge is 2.42. The number of primary amides is 1. The molecule has 4 rings (SSSR count). The number of rotatable bonds is 6. The van der Waals surface area contributed by atoms with Crippen LogP contribution in [0.3, 0.4) is 0 Å². The fraction of sp³-hybridized carbons (Fsp3) is 0.238. The molecule has 0 saturated carbocycles. The van der Waals surface area contributed by atoms with Crippen molar-refractivity contribution in [2.75, 3.05) is 6.54 Å². The molecule has 0 bridgehead atoms. The normalized spacial score (nSPS) is 18.7. The number of hydrogen-bond donors (Lipinski definition) is 2. The summed E-state index contributed by atoms with van der Waals surface area (Å²) in [4.78, 5) is 34.8. The third-order valence-corrected chi connectivity index (χ3v) is 6.45. The second kappa shape index (κ2) is 8.02. The largest absolute Gasteiger partial charge is 0.368 e. The molecular formula is C21H19ClN4O2S. The fourth-order valence-electron chi connectivity index (χ4n) is 3.56. The molecule has 2 aromatic heterocycles. The molecule has 29 heavy (non-hydrogen) atoms. The van der Waals surface area contributed by atoms with Crippen molar-refractivity contribution in [3.8, 4) is 21.0 Å². The third kappa shape index (κ3) is 3.94. The second-order valence-corrected chi connectivity index (χ2v) is 8.46. The molecule has 3 N–H and O–H groups in total. The van der Waals surface area contributed by atoms with Crippen molar-refractivity contribution in [3.63, 3.8) is 0 Å². The number of aromatic nitrogens is 2. The van der Waals surface area contributed by atoms with Crippen LogP contribution in [0.2, 0.25) is 5.02 Å². The van der Waals surface area contributed by atoms with Gasteiger partial charge in [0.15, 0.2) is 5.78 Å². The van der Waals surface area contributed by atoms with Crippen molar-refractivity contribution in [1.29, 1.82) is 0 Å². The summed E-state index contributed by atoms with van der Waals surface area (Å²) in [6.07, 6.45) is 4.71. The number of halogens is 1. The number of nitrogens with two attached hydrogens (primary N) is 1. The molecular weight excluding hydrogens is 408 g/mol. The van der Waals surface area contributed by atoms with Gasteiger partial charge in [-0.1, -0.05) is 23.7 Å². The van der Waals surface area contributed by atoms with Crippen LogP contribution in [0, 0.1) is 0 Å². The number of hydrogen-bond acceptors (Lipinski definition) is 6. The average Bonchev–Trinajstić information content (AvgIpc) is 3.37. The van der Waals surface area contributed by atoms with Crippen molar-refractivity contribution in [2.24, 2.45) is 5.73 Å². The summed E-state index contributed by atoms with van der Waals surface area (Å²) in [5.74, 6) is -0.727. The van der Waals surface area contributed by atoms with Crippen LogP contribution in [0.15, 0.2) is 48.8 Å². The Hall–Kier alpha value is -2.61. The van der Waals surface area contributed by atoms with Gasteiger partial charge in [0.25, 0.3) is 0 Å². The first-order valence-corrected chi connectivity index (χ1v) is 10.4. The van der Waals surface area contributed by atoms with Gasteiger partial charge in [-0.3, -0.25) is 14.6 Å². The number of Topliss-reactive ketones (excluding diaryl/α,β-unsaturated/α-hetero) is 1. The molecule has 1 fully saturated rings. The number of nitrogens with zero attached hydrogens (tertiary/aromatic N) is 2. The van der Waals surface area contributed by atoms with Crippen LogP contribution in [0.4, 0.5) is 0 Å². The van der Waals surface area contributed by atoms with E-state index in [0.29, 0.717) is 33.6 Å². The highest BCUT2D eigenvalue weighted by Crippen LogP contribution is 2.38. The highest BCUT2D eigenvalue weighted by molar-refractivity contribution is 7.18. The molecule has 1 amide bonds. The molecule has 8 heteroatoms. The Bertz CT molecular complexity index is 1060. The van der Waals surface area contributed by atoms with Crippen LogP contribution >= 0.6 is 22.9 Å². The lowest BCUT2D eigenvalue weighted by Crippen LogP contribution is -2.52. The van der Waals surface area contributed by atoms with E-state index in [1.807, 2.05) is 24.3 Å². The van der Waals surface area contributed by atoms with Gasteiger partial charge in [-0.25, -0.2) is 4.98 Å². The Balaban J connectivity index is 1.77. The second-order valence-electron chi connectivity index (χ2n) is 7.03. The van der Waals surface area contributed by atoms with E-state index >= 15 is 0 Å². The van der Waals surface area contributed by atoms with E-state index in [4.69, 9.17) is 17.3 Å². The van der Waals surface area contributed by atoms with Crippen LogP contribution in [0.25, 0.3) is 21.0 Å². The van der Waals surface area contributed by atoms with Crippen molar-refractivity contribution in [3.05, 3.63) is 59.5 Å². The number of pyridine rings is 1. The molecule has 1 unspecified atom stereocenters. The Morgan fingerprint density at radius 1 is 1.24 bits per heavy atom. The third-order valence-electron chi connectivity index (χ3n) is 5.06. The summed E-state index contributed by atoms with van der Waals surface area (Å²) in [5, 5.41) is 4.38. The van der Waals surface area contributed by atoms with Gasteiger partial charge in [0.1, 0.15) is 16.2 Å². The molecule has 1 atom stereocenters. The number of nitrogens with one attached hydrogen (secondary N) is 1. The zero-order valence-electron chi connectivity index (χ0n) is 15.5. The Morgan fingerprint density at radius 3 is 2.72 bits per heavy atom. The van der Waals surface area contributed by atoms with Crippen LogP contribution in [-0.2, 0) is 4.79 Å². The highest BCUT2D eigenvalue weighted by atomic mass is 35.5. The minimum absolute atomic E-state index is 0.0217. The monoisotopic (exact) mass is 426 g/mol. The molecule has 1 aromatic carbocycles. The van der Waals surface area contributed by atoms with Gasteiger partial charge in [-0.05, 0) is 49.2 Å². The summed E-state index contributed by atoms with van der Waals surface area (Å²) < 4.78 is 0. The minimum atomic E-state index is -1.01. The van der Waals surface area contributed by atoms with E-state index in [0.717, 1.165) is 17.5 Å². The number of thiazole rings is 1. The van der Waals surface area contributed by atoms with Gasteiger partial charge >= 0.3 is 0 Å². The SMILES string of the molecule is NC(=O)C1(CC(=O)c2nc(-c3cccnc3)sc2-c2cccc(Cl)c2)CCCN1. The first-order valence-electron chi connectivity index (χ1n) is 9.24. The van der Waals surface area contributed by atoms with Crippen molar-refractivity contribution in [2.45, 2.75) is 24.8 Å². The summed E-state index contributed by atoms with van der Waals surface area (Å²) >= 11 is 7.57. The molecule has 6 nitrogen and oxygen atoms in total. The zero-order valence-corrected chi connectivity index (χ0v) is 17.1. The lowest BCUT2D eigenvalue weighted by Gasteiger charge is -2.24. The average molecular weight is 427 g/mol. The fourth-order valence-corrected chi connectivity index (χ4v) is 4.82. The van der Waals surface area contributed by atoms with E-state index in [2.05, 4.69) is 15.3 Å². The summed E-state index contributed by atoms with van der Waals surface area (Å²) in [7, 11) is 0. The smallest absolute Gasteiger partial charge is 0.238 e. The molecule has 148 valence electrons. The number of amides is 1. The quantitative estimate of drug-likeness (QED) is 0.585. The van der Waals surface area contributed by atoms with Crippen LogP contribution in [0.5, 0.6) is 0 Å². The van der Waals surface area contributed by atoms with Gasteiger partial charge in [0, 0.05) is 29.4 Å². The number of carbonyl (C=O) groups excluding carboxylic acids is 2. The van der Waals surface area contributed by atoms with Crippen LogP contribution in [-0.4, -0.2) is 33.7 Å². The van der Waals surface area contributed by atoms with Crippen molar-refractivity contribution in [1.82, 2.24) is 15.3 Å². The summed E-state index contributed by atoms with van der Waals surface area (Å²) in [6, 6.07) is 11.0. The number of ketones is 1. The van der Waals surface area contributed by atoms with Gasteiger partial charge in [-0.15, -0.1) is 11.3 Å².